The number of aromatic nitrogens is 3. The first-order valence-corrected chi connectivity index (χ1v) is 11.8. The largest absolute Gasteiger partial charge is 0.465 e. The van der Waals surface area contributed by atoms with Crippen LogP contribution in [0.1, 0.15) is 37.3 Å². The number of halogens is 1. The van der Waals surface area contributed by atoms with Gasteiger partial charge in [-0.1, -0.05) is 42.0 Å². The van der Waals surface area contributed by atoms with E-state index in [0.29, 0.717) is 31.4 Å². The van der Waals surface area contributed by atoms with E-state index >= 15 is 0 Å². The van der Waals surface area contributed by atoms with Gasteiger partial charge in [-0.2, -0.15) is 0 Å². The second-order valence-electron chi connectivity index (χ2n) is 9.19. The number of hydrogen-bond donors (Lipinski definition) is 2. The topological polar surface area (TPSA) is 106 Å². The fraction of sp³-hybridized carbons (Fsp3) is 0.259. The minimum atomic E-state index is -1.10. The van der Waals surface area contributed by atoms with E-state index in [4.69, 9.17) is 5.11 Å². The number of carbonyl (C=O) groups is 1. The zero-order valence-electron chi connectivity index (χ0n) is 19.6. The van der Waals surface area contributed by atoms with Gasteiger partial charge in [0.15, 0.2) is 5.65 Å². The third kappa shape index (κ3) is 4.39. The van der Waals surface area contributed by atoms with Crippen molar-refractivity contribution in [2.75, 3.05) is 0 Å². The Kier molecular flexibility index (Phi) is 6.13. The second kappa shape index (κ2) is 9.41. The molecule has 184 valence electrons. The van der Waals surface area contributed by atoms with E-state index in [1.807, 2.05) is 49.4 Å². The Balaban J connectivity index is 1.65. The van der Waals surface area contributed by atoms with Crippen LogP contribution < -0.4 is 16.6 Å². The molecule has 8 nitrogen and oxygen atoms in total. The van der Waals surface area contributed by atoms with Crippen molar-refractivity contribution < 1.29 is 14.3 Å². The van der Waals surface area contributed by atoms with Crippen molar-refractivity contribution in [2.24, 2.45) is 0 Å². The van der Waals surface area contributed by atoms with Gasteiger partial charge in [-0.25, -0.2) is 23.5 Å². The maximum absolute atomic E-state index is 14.2. The van der Waals surface area contributed by atoms with Crippen LogP contribution in [0.3, 0.4) is 0 Å². The molecule has 2 aromatic heterocycles. The van der Waals surface area contributed by atoms with Crippen molar-refractivity contribution in [1.29, 1.82) is 0 Å². The molecule has 0 saturated heterocycles. The number of pyridine rings is 1. The van der Waals surface area contributed by atoms with Gasteiger partial charge in [-0.05, 0) is 61.9 Å². The lowest BCUT2D eigenvalue weighted by Crippen LogP contribution is -2.45. The van der Waals surface area contributed by atoms with Crippen LogP contribution in [-0.2, 0) is 0 Å². The van der Waals surface area contributed by atoms with Gasteiger partial charge in [0.25, 0.3) is 5.56 Å². The zero-order valence-corrected chi connectivity index (χ0v) is 19.6. The summed E-state index contributed by atoms with van der Waals surface area (Å²) in [5.41, 5.74) is 2.43. The molecule has 1 aliphatic carbocycles. The van der Waals surface area contributed by atoms with Gasteiger partial charge >= 0.3 is 11.8 Å². The quantitative estimate of drug-likeness (QED) is 0.443. The van der Waals surface area contributed by atoms with Crippen LogP contribution in [0.5, 0.6) is 0 Å². The molecule has 4 aromatic rings. The number of aryl methyl sites for hydroxylation is 1. The third-order valence-corrected chi connectivity index (χ3v) is 6.77. The molecule has 5 rings (SSSR count). The maximum atomic E-state index is 14.2. The molecule has 0 bridgehead atoms. The fourth-order valence-electron chi connectivity index (χ4n) is 4.96. The first kappa shape index (κ1) is 23.5. The smallest absolute Gasteiger partial charge is 0.404 e. The van der Waals surface area contributed by atoms with E-state index in [0.717, 1.165) is 29.0 Å². The molecule has 1 aliphatic rings. The molecule has 2 heterocycles. The van der Waals surface area contributed by atoms with Gasteiger partial charge in [0.2, 0.25) is 0 Å². The van der Waals surface area contributed by atoms with Crippen molar-refractivity contribution in [1.82, 2.24) is 19.4 Å². The summed E-state index contributed by atoms with van der Waals surface area (Å²) < 4.78 is 16.7. The minimum absolute atomic E-state index is 0.0149. The summed E-state index contributed by atoms with van der Waals surface area (Å²) in [6, 6.07) is 15.8. The second-order valence-corrected chi connectivity index (χ2v) is 9.19. The van der Waals surface area contributed by atoms with E-state index in [9.17, 15) is 18.8 Å². The molecule has 1 fully saturated rings. The lowest BCUT2D eigenvalue weighted by molar-refractivity contribution is 0.182. The highest BCUT2D eigenvalue weighted by Crippen LogP contribution is 2.28. The summed E-state index contributed by atoms with van der Waals surface area (Å²) >= 11 is 0. The molecule has 9 heteroatoms. The number of carboxylic acid groups (broad SMARTS) is 1. The number of amides is 1. The van der Waals surface area contributed by atoms with Gasteiger partial charge in [0.1, 0.15) is 5.82 Å². The summed E-state index contributed by atoms with van der Waals surface area (Å²) in [5.74, 6) is -0.667. The van der Waals surface area contributed by atoms with Crippen LogP contribution in [0.2, 0.25) is 0 Å². The Hall–Kier alpha value is -4.27. The molecular formula is C27H25FN4O4. The van der Waals surface area contributed by atoms with Gasteiger partial charge in [-0.3, -0.25) is 9.36 Å². The highest BCUT2D eigenvalue weighted by atomic mass is 19.1. The molecule has 36 heavy (non-hydrogen) atoms. The molecule has 2 aromatic carbocycles. The number of hydrogen-bond acceptors (Lipinski definition) is 4. The Morgan fingerprint density at radius 3 is 2.44 bits per heavy atom. The first-order chi connectivity index (χ1) is 17.3. The molecule has 2 N–H and O–H groups in total. The van der Waals surface area contributed by atoms with Crippen LogP contribution in [0.15, 0.2) is 70.4 Å². The first-order valence-electron chi connectivity index (χ1n) is 11.8. The Morgan fingerprint density at radius 1 is 1.03 bits per heavy atom. The van der Waals surface area contributed by atoms with Crippen LogP contribution in [0.25, 0.3) is 27.8 Å². The summed E-state index contributed by atoms with van der Waals surface area (Å²) in [7, 11) is 0. The Labute approximate surface area is 205 Å². The number of nitrogens with one attached hydrogen (secondary N) is 1. The molecule has 0 radical (unpaired) electrons. The van der Waals surface area contributed by atoms with E-state index in [-0.39, 0.29) is 17.1 Å². The highest BCUT2D eigenvalue weighted by molar-refractivity contribution is 5.76. The molecule has 0 aliphatic heterocycles. The van der Waals surface area contributed by atoms with Crippen molar-refractivity contribution in [3.63, 3.8) is 0 Å². The van der Waals surface area contributed by atoms with Crippen LogP contribution in [-0.4, -0.2) is 31.4 Å². The van der Waals surface area contributed by atoms with Crippen LogP contribution in [0.4, 0.5) is 9.18 Å². The summed E-state index contributed by atoms with van der Waals surface area (Å²) in [4.78, 5) is 42.3. The highest BCUT2D eigenvalue weighted by Gasteiger charge is 2.28. The molecule has 0 atom stereocenters. The predicted molar refractivity (Wildman–Crippen MR) is 134 cm³/mol. The van der Waals surface area contributed by atoms with E-state index in [1.54, 1.807) is 6.07 Å². The SMILES string of the molecule is Cc1ccc(-c2cccc(-n3c(=O)n([C@H]4CC[C@@H](NC(=O)O)CC4)c(=O)c4cc(F)cnc43)c2)cc1. The van der Waals surface area contributed by atoms with Gasteiger partial charge in [-0.15, -0.1) is 0 Å². The zero-order chi connectivity index (χ0) is 25.4. The Bertz CT molecular complexity index is 1570. The van der Waals surface area contributed by atoms with Crippen LogP contribution >= 0.6 is 0 Å². The van der Waals surface area contributed by atoms with Crippen molar-refractivity contribution in [3.8, 4) is 16.8 Å². The molecule has 1 amide bonds. The average molecular weight is 489 g/mol. The Morgan fingerprint density at radius 2 is 1.75 bits per heavy atom. The van der Waals surface area contributed by atoms with Crippen LogP contribution in [0, 0.1) is 12.7 Å². The van der Waals surface area contributed by atoms with Gasteiger partial charge in [0, 0.05) is 12.1 Å². The van der Waals surface area contributed by atoms with E-state index < -0.39 is 29.2 Å². The predicted octanol–water partition coefficient (Wildman–Crippen LogP) is 4.41. The number of benzene rings is 2. The number of nitrogens with zero attached hydrogens (tertiary/aromatic N) is 3. The number of rotatable bonds is 4. The lowest BCUT2D eigenvalue weighted by atomic mass is 9.91. The number of fused-ring (bicyclic) bond motifs is 1. The standard InChI is InChI=1S/C27H25FN4O4/c1-16-5-7-17(8-6-16)18-3-2-4-22(13-18)31-24-23(14-19(28)15-29-24)25(33)32(27(31)36)21-11-9-20(10-12-21)30-26(34)35/h2-8,13-15,20-21,30H,9-12H2,1H3,(H,34,35)/t20-,21+. The summed E-state index contributed by atoms with van der Waals surface area (Å²) in [5, 5.41) is 11.5. The summed E-state index contributed by atoms with van der Waals surface area (Å²) in [6.45, 7) is 2.01. The molecular weight excluding hydrogens is 463 g/mol. The lowest BCUT2D eigenvalue weighted by Gasteiger charge is -2.29. The molecule has 0 spiro atoms. The normalized spacial score (nSPS) is 17.7. The van der Waals surface area contributed by atoms with Crippen molar-refractivity contribution >= 4 is 17.1 Å². The molecule has 1 saturated carbocycles. The summed E-state index contributed by atoms with van der Waals surface area (Å²) in [6.07, 6.45) is 1.76. The van der Waals surface area contributed by atoms with Crippen molar-refractivity contribution in [2.45, 2.75) is 44.7 Å². The van der Waals surface area contributed by atoms with Gasteiger partial charge in [0.05, 0.1) is 17.3 Å². The van der Waals surface area contributed by atoms with E-state index in [1.165, 1.54) is 9.13 Å². The van der Waals surface area contributed by atoms with Crippen molar-refractivity contribution in [3.05, 3.63) is 93.0 Å². The molecule has 0 unspecified atom stereocenters. The monoisotopic (exact) mass is 488 g/mol. The van der Waals surface area contributed by atoms with E-state index in [2.05, 4.69) is 10.3 Å². The maximum Gasteiger partial charge on any atom is 0.404 e. The average Bonchev–Trinajstić information content (AvgIpc) is 2.86. The minimum Gasteiger partial charge on any atom is -0.465 e. The van der Waals surface area contributed by atoms with Gasteiger partial charge < -0.3 is 10.4 Å². The fourth-order valence-corrected chi connectivity index (χ4v) is 4.96. The third-order valence-electron chi connectivity index (χ3n) is 6.77.